The van der Waals surface area contributed by atoms with E-state index in [1.54, 1.807) is 23.0 Å². The van der Waals surface area contributed by atoms with E-state index in [1.807, 2.05) is 18.2 Å². The molecule has 28 heavy (non-hydrogen) atoms. The molecule has 0 saturated heterocycles. The van der Waals surface area contributed by atoms with Crippen LogP contribution in [0.15, 0.2) is 41.3 Å². The van der Waals surface area contributed by atoms with Gasteiger partial charge >= 0.3 is 0 Å². The molecule has 1 atom stereocenters. The number of hydrogen-bond donors (Lipinski definition) is 2. The number of carbonyl (C=O) groups excluding carboxylic acids is 1. The maximum atomic E-state index is 12.4. The highest BCUT2D eigenvalue weighted by atomic mass is 16.1. The Hall–Kier alpha value is -2.96. The minimum absolute atomic E-state index is 0.0728. The number of carbonyl (C=O) groups is 1. The smallest absolute Gasteiger partial charge is 0.262 e. The average Bonchev–Trinajstić information content (AvgIpc) is 3.09. The minimum atomic E-state index is -0.171. The Kier molecular flexibility index (Phi) is 6.23. The lowest BCUT2D eigenvalue weighted by atomic mass is 10.1. The molecule has 3 aromatic rings. The number of amides is 1. The Morgan fingerprint density at radius 2 is 2.00 bits per heavy atom. The molecule has 7 heteroatoms. The highest BCUT2D eigenvalue weighted by Gasteiger charge is 2.19. The highest BCUT2D eigenvalue weighted by Crippen LogP contribution is 2.18. The van der Waals surface area contributed by atoms with Crippen LogP contribution in [0, 0.1) is 5.92 Å². The lowest BCUT2D eigenvalue weighted by Crippen LogP contribution is -2.31. The van der Waals surface area contributed by atoms with Crippen LogP contribution in [0.3, 0.4) is 0 Å². The molecule has 0 bridgehead atoms. The predicted octanol–water partition coefficient (Wildman–Crippen LogP) is 3.09. The Morgan fingerprint density at radius 3 is 2.68 bits per heavy atom. The zero-order valence-corrected chi connectivity index (χ0v) is 16.6. The fourth-order valence-corrected chi connectivity index (χ4v) is 3.28. The lowest BCUT2D eigenvalue weighted by molar-refractivity contribution is 0.0946. The molecule has 0 spiro atoms. The maximum Gasteiger partial charge on any atom is 0.262 e. The van der Waals surface area contributed by atoms with Crippen molar-refractivity contribution in [1.82, 2.24) is 25.1 Å². The van der Waals surface area contributed by atoms with Crippen LogP contribution in [0.25, 0.3) is 11.0 Å². The van der Waals surface area contributed by atoms with E-state index in [9.17, 15) is 9.59 Å². The number of fused-ring (bicyclic) bond motifs is 1. The van der Waals surface area contributed by atoms with E-state index in [2.05, 4.69) is 41.2 Å². The van der Waals surface area contributed by atoms with Crippen LogP contribution in [0.2, 0.25) is 0 Å². The van der Waals surface area contributed by atoms with Crippen LogP contribution in [-0.2, 0) is 6.42 Å². The van der Waals surface area contributed by atoms with Gasteiger partial charge in [0.1, 0.15) is 11.2 Å². The van der Waals surface area contributed by atoms with Gasteiger partial charge < -0.3 is 10.3 Å². The molecule has 0 aliphatic heterocycles. The van der Waals surface area contributed by atoms with Crippen molar-refractivity contribution in [3.63, 3.8) is 0 Å². The van der Waals surface area contributed by atoms with Crippen molar-refractivity contribution in [2.75, 3.05) is 6.54 Å². The second kappa shape index (κ2) is 8.82. The van der Waals surface area contributed by atoms with Gasteiger partial charge in [0.2, 0.25) is 0 Å². The number of nitrogens with one attached hydrogen (secondary N) is 2. The van der Waals surface area contributed by atoms with Crippen molar-refractivity contribution < 1.29 is 4.79 Å². The van der Waals surface area contributed by atoms with Crippen molar-refractivity contribution in [3.05, 3.63) is 58.3 Å². The zero-order chi connectivity index (χ0) is 20.1. The van der Waals surface area contributed by atoms with E-state index in [1.165, 1.54) is 0 Å². The molecule has 3 rings (SSSR count). The fourth-order valence-electron chi connectivity index (χ4n) is 3.28. The van der Waals surface area contributed by atoms with Crippen molar-refractivity contribution in [2.45, 2.75) is 46.1 Å². The first-order chi connectivity index (χ1) is 13.5. The summed E-state index contributed by atoms with van der Waals surface area (Å²) in [7, 11) is 0. The first kappa shape index (κ1) is 19.8. The van der Waals surface area contributed by atoms with Gasteiger partial charge in [0.25, 0.3) is 11.5 Å². The van der Waals surface area contributed by atoms with E-state index in [0.717, 1.165) is 12.8 Å². The number of H-pyrrole nitrogens is 1. The van der Waals surface area contributed by atoms with Crippen LogP contribution in [0.5, 0.6) is 0 Å². The maximum absolute atomic E-state index is 12.4. The normalized spacial score (nSPS) is 12.4. The average molecular weight is 381 g/mol. The molecule has 2 heterocycles. The monoisotopic (exact) mass is 381 g/mol. The van der Waals surface area contributed by atoms with Gasteiger partial charge in [-0.2, -0.15) is 5.10 Å². The van der Waals surface area contributed by atoms with Gasteiger partial charge in [-0.15, -0.1) is 0 Å². The van der Waals surface area contributed by atoms with Gasteiger partial charge in [0.05, 0.1) is 12.2 Å². The molecule has 1 amide bonds. The first-order valence-electron chi connectivity index (χ1n) is 9.79. The number of aromatic amines is 1. The minimum Gasteiger partial charge on any atom is -0.350 e. The molecule has 2 aromatic heterocycles. The van der Waals surface area contributed by atoms with Crippen molar-refractivity contribution >= 4 is 16.9 Å². The van der Waals surface area contributed by atoms with E-state index < -0.39 is 0 Å². The number of hydrogen-bond acceptors (Lipinski definition) is 4. The Morgan fingerprint density at radius 1 is 1.25 bits per heavy atom. The summed E-state index contributed by atoms with van der Waals surface area (Å²) >= 11 is 0. The van der Waals surface area contributed by atoms with Gasteiger partial charge in [0, 0.05) is 18.5 Å². The highest BCUT2D eigenvalue weighted by molar-refractivity contribution is 5.94. The van der Waals surface area contributed by atoms with E-state index in [-0.39, 0.29) is 17.5 Å². The molecule has 2 N–H and O–H groups in total. The van der Waals surface area contributed by atoms with Crippen LogP contribution < -0.4 is 10.9 Å². The van der Waals surface area contributed by atoms with Crippen molar-refractivity contribution in [1.29, 1.82) is 0 Å². The summed E-state index contributed by atoms with van der Waals surface area (Å²) in [6, 6.07) is 9.05. The first-order valence-corrected chi connectivity index (χ1v) is 9.79. The molecule has 0 saturated carbocycles. The summed E-state index contributed by atoms with van der Waals surface area (Å²) in [4.78, 5) is 32.3. The van der Waals surface area contributed by atoms with Crippen LogP contribution >= 0.6 is 0 Å². The number of rotatable bonds is 8. The van der Waals surface area contributed by atoms with Crippen LogP contribution in [-0.4, -0.2) is 32.2 Å². The van der Waals surface area contributed by atoms with Gasteiger partial charge in [-0.3, -0.25) is 9.59 Å². The van der Waals surface area contributed by atoms with Gasteiger partial charge in [-0.25, -0.2) is 9.67 Å². The van der Waals surface area contributed by atoms with Crippen molar-refractivity contribution in [2.24, 2.45) is 5.92 Å². The molecular formula is C21H27N5O2. The molecule has 1 unspecified atom stereocenters. The van der Waals surface area contributed by atoms with E-state index in [0.29, 0.717) is 41.3 Å². The van der Waals surface area contributed by atoms with Crippen LogP contribution in [0.4, 0.5) is 0 Å². The van der Waals surface area contributed by atoms with Gasteiger partial charge in [-0.05, 0) is 24.5 Å². The third-order valence-electron chi connectivity index (χ3n) is 4.62. The number of benzene rings is 1. The summed E-state index contributed by atoms with van der Waals surface area (Å²) in [6.45, 7) is 6.68. The molecule has 148 valence electrons. The van der Waals surface area contributed by atoms with E-state index >= 15 is 0 Å². The van der Waals surface area contributed by atoms with Crippen molar-refractivity contribution in [3.8, 4) is 0 Å². The third kappa shape index (κ3) is 4.47. The second-order valence-corrected chi connectivity index (χ2v) is 7.46. The quantitative estimate of drug-likeness (QED) is 0.627. The van der Waals surface area contributed by atoms with E-state index in [4.69, 9.17) is 0 Å². The summed E-state index contributed by atoms with van der Waals surface area (Å²) in [5.74, 6) is 0.927. The summed E-state index contributed by atoms with van der Waals surface area (Å²) in [5, 5.41) is 7.89. The Labute approximate surface area is 164 Å². The lowest BCUT2D eigenvalue weighted by Gasteiger charge is -2.18. The predicted molar refractivity (Wildman–Crippen MR) is 109 cm³/mol. The van der Waals surface area contributed by atoms with Gasteiger partial charge in [-0.1, -0.05) is 45.4 Å². The summed E-state index contributed by atoms with van der Waals surface area (Å²) in [5.41, 5.74) is 1.03. The topological polar surface area (TPSA) is 92.7 Å². The molecular weight excluding hydrogens is 354 g/mol. The summed E-state index contributed by atoms with van der Waals surface area (Å²) in [6.07, 6.45) is 4.00. The molecule has 7 nitrogen and oxygen atoms in total. The Bertz CT molecular complexity index is 991. The molecule has 0 radical (unpaired) electrons. The van der Waals surface area contributed by atoms with Gasteiger partial charge in [0.15, 0.2) is 5.65 Å². The SMILES string of the molecule is CCCC(CNC(=O)c1ccccc1)n1ncc2c(=O)[nH]c(CC(C)C)nc21. The Balaban J connectivity index is 1.87. The second-order valence-electron chi connectivity index (χ2n) is 7.46. The molecule has 1 aromatic carbocycles. The standard InChI is InChI=1S/C21H27N5O2/c1-4-8-16(12-22-20(27)15-9-6-5-7-10-15)26-19-17(13-23-26)21(28)25-18(24-19)11-14(2)3/h5-7,9-10,13-14,16H,4,8,11-12H2,1-3H3,(H,22,27)(H,24,25,28). The molecule has 0 aliphatic carbocycles. The molecule has 0 fully saturated rings. The summed E-state index contributed by atoms with van der Waals surface area (Å²) < 4.78 is 1.78. The van der Waals surface area contributed by atoms with Crippen LogP contribution in [0.1, 0.15) is 55.8 Å². The third-order valence-corrected chi connectivity index (χ3v) is 4.62. The zero-order valence-electron chi connectivity index (χ0n) is 16.6. The largest absolute Gasteiger partial charge is 0.350 e. The number of aromatic nitrogens is 4. The number of nitrogens with zero attached hydrogens (tertiary/aromatic N) is 3. The molecule has 0 aliphatic rings. The fraction of sp³-hybridized carbons (Fsp3) is 0.429.